The van der Waals surface area contributed by atoms with Gasteiger partial charge in [-0.25, -0.2) is 4.79 Å². The first-order valence-electron chi connectivity index (χ1n) is 5.84. The maximum absolute atomic E-state index is 12.2. The molecule has 0 radical (unpaired) electrons. The summed E-state index contributed by atoms with van der Waals surface area (Å²) in [5.74, 6) is -1.81. The number of aromatic carboxylic acids is 1. The van der Waals surface area contributed by atoms with Crippen LogP contribution in [0.15, 0.2) is 35.7 Å². The fourth-order valence-electron chi connectivity index (χ4n) is 2.20. The highest BCUT2D eigenvalue weighted by Crippen LogP contribution is 2.26. The number of rotatable bonds is 3. The maximum Gasteiger partial charge on any atom is 0.346 e. The minimum atomic E-state index is -1.05. The lowest BCUT2D eigenvalue weighted by Crippen LogP contribution is -2.29. The van der Waals surface area contributed by atoms with E-state index in [0.717, 1.165) is 16.2 Å². The highest BCUT2D eigenvalue weighted by Gasteiger charge is 2.35. The second-order valence-corrected chi connectivity index (χ2v) is 5.24. The number of carboxylic acids is 1. The maximum atomic E-state index is 12.2. The number of nitrogens with zero attached hydrogens (tertiary/aromatic N) is 1. The van der Waals surface area contributed by atoms with Crippen molar-refractivity contribution >= 4 is 29.1 Å². The summed E-state index contributed by atoms with van der Waals surface area (Å²) in [6, 6.07) is 8.21. The van der Waals surface area contributed by atoms with E-state index in [-0.39, 0.29) is 23.2 Å². The lowest BCUT2D eigenvalue weighted by molar-refractivity contribution is 0.0629. The largest absolute Gasteiger partial charge is 0.477 e. The van der Waals surface area contributed by atoms with Crippen molar-refractivity contribution in [3.05, 3.63) is 57.3 Å². The zero-order chi connectivity index (χ0) is 14.3. The molecule has 1 aromatic heterocycles. The molecule has 2 amide bonds. The van der Waals surface area contributed by atoms with E-state index in [1.807, 2.05) is 0 Å². The Morgan fingerprint density at radius 2 is 1.70 bits per heavy atom. The lowest BCUT2D eigenvalue weighted by Gasteiger charge is -2.13. The van der Waals surface area contributed by atoms with Crippen molar-refractivity contribution in [3.8, 4) is 0 Å². The number of benzene rings is 1. The van der Waals surface area contributed by atoms with Crippen molar-refractivity contribution in [1.82, 2.24) is 4.90 Å². The molecule has 1 aliphatic rings. The molecule has 0 unspecified atom stereocenters. The van der Waals surface area contributed by atoms with Crippen LogP contribution in [0.2, 0.25) is 0 Å². The molecule has 0 bridgehead atoms. The summed E-state index contributed by atoms with van der Waals surface area (Å²) >= 11 is 1.08. The molecule has 0 spiro atoms. The molecule has 20 heavy (non-hydrogen) atoms. The van der Waals surface area contributed by atoms with Crippen LogP contribution in [0.25, 0.3) is 0 Å². The van der Waals surface area contributed by atoms with Crippen LogP contribution in [0, 0.1) is 0 Å². The van der Waals surface area contributed by atoms with Crippen LogP contribution in [0.5, 0.6) is 0 Å². The summed E-state index contributed by atoms with van der Waals surface area (Å²) in [4.78, 5) is 36.6. The van der Waals surface area contributed by atoms with E-state index in [1.165, 1.54) is 0 Å². The van der Waals surface area contributed by atoms with Crippen LogP contribution in [0.1, 0.15) is 36.0 Å². The first-order valence-corrected chi connectivity index (χ1v) is 6.72. The molecule has 1 N–H and O–H groups in total. The van der Waals surface area contributed by atoms with Gasteiger partial charge in [-0.05, 0) is 29.1 Å². The Balaban J connectivity index is 1.94. The third kappa shape index (κ3) is 1.81. The molecule has 2 aromatic rings. The van der Waals surface area contributed by atoms with E-state index in [0.29, 0.717) is 16.7 Å². The van der Waals surface area contributed by atoms with Crippen molar-refractivity contribution in [2.75, 3.05) is 0 Å². The summed E-state index contributed by atoms with van der Waals surface area (Å²) in [6.07, 6.45) is 0. The SMILES string of the molecule is O=C(O)c1sccc1CN1C(=O)c2ccccc2C1=O. The lowest BCUT2D eigenvalue weighted by atomic mass is 10.1. The van der Waals surface area contributed by atoms with Gasteiger partial charge in [-0.2, -0.15) is 0 Å². The van der Waals surface area contributed by atoms with Crippen LogP contribution >= 0.6 is 11.3 Å². The molecule has 5 nitrogen and oxygen atoms in total. The highest BCUT2D eigenvalue weighted by molar-refractivity contribution is 7.12. The standard InChI is InChI=1S/C14H9NO4S/c16-12-9-3-1-2-4-10(9)13(17)15(12)7-8-5-6-20-11(8)14(18)19/h1-6H,7H2,(H,18,19). The molecular formula is C14H9NO4S. The third-order valence-corrected chi connectivity index (χ3v) is 4.09. The van der Waals surface area contributed by atoms with Gasteiger partial charge >= 0.3 is 5.97 Å². The van der Waals surface area contributed by atoms with Crippen molar-refractivity contribution in [3.63, 3.8) is 0 Å². The predicted molar refractivity (Wildman–Crippen MR) is 71.9 cm³/mol. The van der Waals surface area contributed by atoms with Crippen molar-refractivity contribution < 1.29 is 19.5 Å². The fraction of sp³-hybridized carbons (Fsp3) is 0.0714. The zero-order valence-electron chi connectivity index (χ0n) is 10.2. The number of thiophene rings is 1. The van der Waals surface area contributed by atoms with E-state index in [4.69, 9.17) is 5.11 Å². The fourth-order valence-corrected chi connectivity index (χ4v) is 2.95. The van der Waals surface area contributed by atoms with Gasteiger partial charge in [0.15, 0.2) is 0 Å². The molecule has 3 rings (SSSR count). The zero-order valence-corrected chi connectivity index (χ0v) is 11.0. The van der Waals surface area contributed by atoms with Crippen LogP contribution < -0.4 is 0 Å². The van der Waals surface area contributed by atoms with E-state index in [1.54, 1.807) is 35.7 Å². The van der Waals surface area contributed by atoms with Gasteiger partial charge in [0.05, 0.1) is 17.7 Å². The quantitative estimate of drug-likeness (QED) is 0.878. The topological polar surface area (TPSA) is 74.7 Å². The van der Waals surface area contributed by atoms with Gasteiger partial charge in [0.25, 0.3) is 11.8 Å². The van der Waals surface area contributed by atoms with E-state index in [2.05, 4.69) is 0 Å². The normalized spacial score (nSPS) is 13.7. The second-order valence-electron chi connectivity index (χ2n) is 4.32. The summed E-state index contributed by atoms with van der Waals surface area (Å²) in [6.45, 7) is -0.0164. The molecular weight excluding hydrogens is 278 g/mol. The number of carbonyl (C=O) groups excluding carboxylic acids is 2. The smallest absolute Gasteiger partial charge is 0.346 e. The number of hydrogen-bond acceptors (Lipinski definition) is 4. The molecule has 0 saturated heterocycles. The van der Waals surface area contributed by atoms with Gasteiger partial charge in [0, 0.05) is 0 Å². The molecule has 0 fully saturated rings. The Hall–Kier alpha value is -2.47. The Bertz CT molecular complexity index is 699. The Kier molecular flexibility index (Phi) is 2.87. The van der Waals surface area contributed by atoms with Crippen LogP contribution in [0.4, 0.5) is 0 Å². The van der Waals surface area contributed by atoms with Crippen LogP contribution in [0.3, 0.4) is 0 Å². The summed E-state index contributed by atoms with van der Waals surface area (Å²) in [7, 11) is 0. The minimum Gasteiger partial charge on any atom is -0.477 e. The molecule has 0 aliphatic carbocycles. The van der Waals surface area contributed by atoms with Crippen molar-refractivity contribution in [1.29, 1.82) is 0 Å². The number of carbonyl (C=O) groups is 3. The highest BCUT2D eigenvalue weighted by atomic mass is 32.1. The summed E-state index contributed by atoms with van der Waals surface area (Å²) in [5.41, 5.74) is 1.20. The second kappa shape index (κ2) is 4.57. The Morgan fingerprint density at radius 1 is 1.10 bits per heavy atom. The number of amides is 2. The molecule has 6 heteroatoms. The molecule has 1 aromatic carbocycles. The van der Waals surface area contributed by atoms with Crippen LogP contribution in [-0.2, 0) is 6.54 Å². The number of carboxylic acid groups (broad SMARTS) is 1. The van der Waals surface area contributed by atoms with Gasteiger partial charge in [-0.1, -0.05) is 12.1 Å². The molecule has 1 aliphatic heterocycles. The first-order chi connectivity index (χ1) is 9.59. The Labute approximate surface area is 118 Å². The predicted octanol–water partition coefficient (Wildman–Crippen LogP) is 2.24. The van der Waals surface area contributed by atoms with Crippen LogP contribution in [-0.4, -0.2) is 27.8 Å². The Morgan fingerprint density at radius 3 is 2.25 bits per heavy atom. The van der Waals surface area contributed by atoms with Gasteiger partial charge in [0.1, 0.15) is 4.88 Å². The first kappa shape index (κ1) is 12.6. The monoisotopic (exact) mass is 287 g/mol. The van der Waals surface area contributed by atoms with Crippen molar-refractivity contribution in [2.24, 2.45) is 0 Å². The van der Waals surface area contributed by atoms with Gasteiger partial charge < -0.3 is 5.11 Å². The van der Waals surface area contributed by atoms with Crippen molar-refractivity contribution in [2.45, 2.75) is 6.54 Å². The van der Waals surface area contributed by atoms with E-state index < -0.39 is 5.97 Å². The average Bonchev–Trinajstić information content (AvgIpc) is 2.99. The molecule has 2 heterocycles. The van der Waals surface area contributed by atoms with Gasteiger partial charge in [0.2, 0.25) is 0 Å². The summed E-state index contributed by atoms with van der Waals surface area (Å²) in [5, 5.41) is 10.7. The molecule has 100 valence electrons. The molecule has 0 saturated carbocycles. The van der Waals surface area contributed by atoms with E-state index >= 15 is 0 Å². The minimum absolute atomic E-state index is 0.0164. The average molecular weight is 287 g/mol. The molecule has 0 atom stereocenters. The number of hydrogen-bond donors (Lipinski definition) is 1. The third-order valence-electron chi connectivity index (χ3n) is 3.15. The summed E-state index contributed by atoms with van der Waals surface area (Å²) < 4.78 is 0. The van der Waals surface area contributed by atoms with Gasteiger partial charge in [-0.3, -0.25) is 14.5 Å². The number of imide groups is 1. The van der Waals surface area contributed by atoms with Gasteiger partial charge in [-0.15, -0.1) is 11.3 Å². The van der Waals surface area contributed by atoms with E-state index in [9.17, 15) is 14.4 Å². The number of fused-ring (bicyclic) bond motifs is 1.